The lowest BCUT2D eigenvalue weighted by Crippen LogP contribution is -2.49. The van der Waals surface area contributed by atoms with Crippen LogP contribution in [-0.2, 0) is 0 Å². The lowest BCUT2D eigenvalue weighted by molar-refractivity contribution is -0.384. The molecule has 0 amide bonds. The van der Waals surface area contributed by atoms with Crippen molar-refractivity contribution in [2.45, 2.75) is 13.0 Å². The highest BCUT2D eigenvalue weighted by atomic mass is 16.6. The number of nitriles is 1. The van der Waals surface area contributed by atoms with Crippen LogP contribution in [0.5, 0.6) is 0 Å². The summed E-state index contributed by atoms with van der Waals surface area (Å²) in [6.07, 6.45) is 1.44. The van der Waals surface area contributed by atoms with Crippen LogP contribution in [0.25, 0.3) is 0 Å². The van der Waals surface area contributed by atoms with E-state index in [0.717, 1.165) is 6.54 Å². The molecule has 0 radical (unpaired) electrons. The average molecular weight is 247 g/mol. The van der Waals surface area contributed by atoms with Crippen LogP contribution < -0.4 is 10.2 Å². The highest BCUT2D eigenvalue weighted by Crippen LogP contribution is 2.29. The topological polar surface area (TPSA) is 95.1 Å². The molecular weight excluding hydrogens is 234 g/mol. The standard InChI is InChI=1S/C11H13N5O2/c1-8-7-15(5-4-13-8)11-10(16(17)18)9(6-12)2-3-14-11/h2-3,8,13H,4-5,7H2,1H3. The Labute approximate surface area is 104 Å². The van der Waals surface area contributed by atoms with E-state index in [-0.39, 0.29) is 23.1 Å². The van der Waals surface area contributed by atoms with Crippen LogP contribution in [0.2, 0.25) is 0 Å². The number of hydrogen-bond donors (Lipinski definition) is 1. The van der Waals surface area contributed by atoms with Crippen LogP contribution >= 0.6 is 0 Å². The first kappa shape index (κ1) is 12.3. The molecule has 1 aliphatic heterocycles. The summed E-state index contributed by atoms with van der Waals surface area (Å²) in [5.41, 5.74) is -0.148. The smallest absolute Gasteiger partial charge is 0.329 e. The molecule has 0 aliphatic carbocycles. The van der Waals surface area contributed by atoms with E-state index >= 15 is 0 Å². The minimum Gasteiger partial charge on any atom is -0.348 e. The summed E-state index contributed by atoms with van der Waals surface area (Å²) in [6.45, 7) is 4.04. The zero-order valence-electron chi connectivity index (χ0n) is 9.96. The second-order valence-electron chi connectivity index (χ2n) is 4.20. The summed E-state index contributed by atoms with van der Waals surface area (Å²) < 4.78 is 0. The third-order valence-corrected chi connectivity index (χ3v) is 2.88. The molecule has 1 aliphatic rings. The Kier molecular flexibility index (Phi) is 3.39. The molecule has 7 heteroatoms. The SMILES string of the molecule is CC1CN(c2nccc(C#N)c2[N+](=O)[O-])CCN1. The van der Waals surface area contributed by atoms with Crippen LogP contribution in [0.4, 0.5) is 11.5 Å². The largest absolute Gasteiger partial charge is 0.348 e. The van der Waals surface area contributed by atoms with Gasteiger partial charge in [0.25, 0.3) is 0 Å². The maximum absolute atomic E-state index is 11.1. The van der Waals surface area contributed by atoms with Crippen LogP contribution in [0.1, 0.15) is 12.5 Å². The summed E-state index contributed by atoms with van der Waals surface area (Å²) in [6, 6.07) is 3.45. The van der Waals surface area contributed by atoms with Gasteiger partial charge >= 0.3 is 5.69 Å². The third kappa shape index (κ3) is 2.24. The van der Waals surface area contributed by atoms with Crippen LogP contribution in [0.3, 0.4) is 0 Å². The van der Waals surface area contributed by atoms with Crippen molar-refractivity contribution in [3.8, 4) is 6.07 Å². The molecule has 1 unspecified atom stereocenters. The van der Waals surface area contributed by atoms with Gasteiger partial charge in [-0.15, -0.1) is 0 Å². The fraction of sp³-hybridized carbons (Fsp3) is 0.455. The first-order valence-electron chi connectivity index (χ1n) is 5.65. The van der Waals surface area contributed by atoms with Gasteiger partial charge in [0.2, 0.25) is 5.82 Å². The minimum absolute atomic E-state index is 0.0520. The van der Waals surface area contributed by atoms with Gasteiger partial charge in [0, 0.05) is 31.9 Å². The van der Waals surface area contributed by atoms with Crippen molar-refractivity contribution in [3.05, 3.63) is 27.9 Å². The lowest BCUT2D eigenvalue weighted by atomic mass is 10.2. The van der Waals surface area contributed by atoms with E-state index in [1.807, 2.05) is 17.9 Å². The van der Waals surface area contributed by atoms with Crippen molar-refractivity contribution in [1.82, 2.24) is 10.3 Å². The molecule has 18 heavy (non-hydrogen) atoms. The van der Waals surface area contributed by atoms with Gasteiger partial charge in [-0.25, -0.2) is 4.98 Å². The summed E-state index contributed by atoms with van der Waals surface area (Å²) >= 11 is 0. The van der Waals surface area contributed by atoms with E-state index in [1.54, 1.807) is 0 Å². The summed E-state index contributed by atoms with van der Waals surface area (Å²) in [5, 5.41) is 23.3. The Hall–Kier alpha value is -2.20. The van der Waals surface area contributed by atoms with Gasteiger partial charge in [-0.1, -0.05) is 0 Å². The highest BCUT2D eigenvalue weighted by molar-refractivity contribution is 5.65. The quantitative estimate of drug-likeness (QED) is 0.609. The van der Waals surface area contributed by atoms with E-state index < -0.39 is 4.92 Å². The molecule has 2 heterocycles. The van der Waals surface area contributed by atoms with Gasteiger partial charge < -0.3 is 10.2 Å². The summed E-state index contributed by atoms with van der Waals surface area (Å²) in [7, 11) is 0. The van der Waals surface area contributed by atoms with Crippen molar-refractivity contribution >= 4 is 11.5 Å². The molecule has 0 bridgehead atoms. The van der Waals surface area contributed by atoms with Gasteiger partial charge in [0.05, 0.1) is 4.92 Å². The Bertz CT molecular complexity index is 511. The molecule has 1 N–H and O–H groups in total. The van der Waals surface area contributed by atoms with Crippen molar-refractivity contribution in [2.75, 3.05) is 24.5 Å². The number of nitrogens with zero attached hydrogens (tertiary/aromatic N) is 4. The number of anilines is 1. The Morgan fingerprint density at radius 2 is 2.50 bits per heavy atom. The van der Waals surface area contributed by atoms with E-state index in [4.69, 9.17) is 5.26 Å². The van der Waals surface area contributed by atoms with Gasteiger partial charge in [-0.2, -0.15) is 5.26 Å². The molecule has 7 nitrogen and oxygen atoms in total. The normalized spacial score (nSPS) is 19.3. The molecule has 1 atom stereocenters. The Morgan fingerprint density at radius 1 is 1.72 bits per heavy atom. The summed E-state index contributed by atoms with van der Waals surface area (Å²) in [4.78, 5) is 16.5. The first-order valence-corrected chi connectivity index (χ1v) is 5.65. The molecule has 2 rings (SSSR count). The molecule has 0 aromatic carbocycles. The lowest BCUT2D eigenvalue weighted by Gasteiger charge is -2.32. The van der Waals surface area contributed by atoms with Gasteiger partial charge in [-0.05, 0) is 13.0 Å². The predicted molar refractivity (Wildman–Crippen MR) is 65.3 cm³/mol. The van der Waals surface area contributed by atoms with Crippen molar-refractivity contribution < 1.29 is 4.92 Å². The number of piperazine rings is 1. The Balaban J connectivity index is 2.44. The minimum atomic E-state index is -0.534. The van der Waals surface area contributed by atoms with Crippen molar-refractivity contribution in [1.29, 1.82) is 5.26 Å². The second kappa shape index (κ2) is 4.98. The number of aromatic nitrogens is 1. The van der Waals surface area contributed by atoms with E-state index in [1.165, 1.54) is 12.3 Å². The third-order valence-electron chi connectivity index (χ3n) is 2.88. The second-order valence-corrected chi connectivity index (χ2v) is 4.20. The molecule has 1 aromatic rings. The van der Waals surface area contributed by atoms with E-state index in [2.05, 4.69) is 10.3 Å². The molecule has 1 aromatic heterocycles. The maximum atomic E-state index is 11.1. The molecule has 94 valence electrons. The van der Waals surface area contributed by atoms with E-state index in [9.17, 15) is 10.1 Å². The highest BCUT2D eigenvalue weighted by Gasteiger charge is 2.27. The number of hydrogen-bond acceptors (Lipinski definition) is 6. The predicted octanol–water partition coefficient (Wildman–Crippen LogP) is 0.660. The maximum Gasteiger partial charge on any atom is 0.329 e. The van der Waals surface area contributed by atoms with Gasteiger partial charge in [-0.3, -0.25) is 10.1 Å². The molecule has 1 saturated heterocycles. The fourth-order valence-corrected chi connectivity index (χ4v) is 2.07. The van der Waals surface area contributed by atoms with Crippen LogP contribution in [0, 0.1) is 21.4 Å². The van der Waals surface area contributed by atoms with Crippen LogP contribution in [0.15, 0.2) is 12.3 Å². The van der Waals surface area contributed by atoms with Crippen molar-refractivity contribution in [3.63, 3.8) is 0 Å². The zero-order chi connectivity index (χ0) is 13.1. The van der Waals surface area contributed by atoms with Crippen molar-refractivity contribution in [2.24, 2.45) is 0 Å². The van der Waals surface area contributed by atoms with E-state index in [0.29, 0.717) is 13.1 Å². The van der Waals surface area contributed by atoms with Crippen LogP contribution in [-0.4, -0.2) is 35.6 Å². The fourth-order valence-electron chi connectivity index (χ4n) is 2.07. The Morgan fingerprint density at radius 3 is 3.11 bits per heavy atom. The number of rotatable bonds is 2. The zero-order valence-corrected chi connectivity index (χ0v) is 9.96. The molecular formula is C11H13N5O2. The summed E-state index contributed by atoms with van der Waals surface area (Å²) in [5.74, 6) is 0.285. The molecule has 1 fully saturated rings. The van der Waals surface area contributed by atoms with Gasteiger partial charge in [0.1, 0.15) is 11.6 Å². The average Bonchev–Trinajstić information content (AvgIpc) is 2.37. The number of nitro groups is 1. The first-order chi connectivity index (χ1) is 8.63. The number of nitrogens with one attached hydrogen (secondary N) is 1. The monoisotopic (exact) mass is 247 g/mol. The number of pyridine rings is 1. The van der Waals surface area contributed by atoms with Gasteiger partial charge in [0.15, 0.2) is 0 Å². The molecule has 0 saturated carbocycles. The molecule has 0 spiro atoms.